The van der Waals surface area contributed by atoms with Crippen molar-refractivity contribution in [3.05, 3.63) is 0 Å². The van der Waals surface area contributed by atoms with E-state index >= 15 is 0 Å². The van der Waals surface area contributed by atoms with Crippen molar-refractivity contribution >= 4 is 24.2 Å². The Bertz CT molecular complexity index is 268. The zero-order chi connectivity index (χ0) is 13.6. The van der Waals surface area contributed by atoms with Gasteiger partial charge in [-0.15, -0.1) is 12.4 Å². The summed E-state index contributed by atoms with van der Waals surface area (Å²) in [6.07, 6.45) is 0. The van der Waals surface area contributed by atoms with Gasteiger partial charge in [-0.25, -0.2) is 0 Å². The zero-order valence-corrected chi connectivity index (χ0v) is 12.8. The van der Waals surface area contributed by atoms with Crippen LogP contribution in [0.25, 0.3) is 0 Å². The van der Waals surface area contributed by atoms with Crippen LogP contribution in [0.4, 0.5) is 0 Å². The van der Waals surface area contributed by atoms with Crippen LogP contribution in [0.15, 0.2) is 0 Å². The fraction of sp³-hybridized carbons (Fsp3) is 0.833. The fourth-order valence-electron chi connectivity index (χ4n) is 1.53. The Hall–Kier alpha value is -0.810. The molecule has 0 bridgehead atoms. The lowest BCUT2D eigenvalue weighted by Gasteiger charge is -2.26. The monoisotopic (exact) mass is 279 g/mol. The molecule has 0 rings (SSSR count). The van der Waals surface area contributed by atoms with Gasteiger partial charge in [-0.2, -0.15) is 0 Å². The zero-order valence-electron chi connectivity index (χ0n) is 12.0. The standard InChI is InChI=1S/C12H25N3O2.ClH/c1-6-15(7-2)11(16)8-14(5)12(17)9(3)10(4)13;/h9-10H,6-8,13H2,1-5H3;1H. The number of nitrogens with two attached hydrogens (primary N) is 1. The first-order valence-electron chi connectivity index (χ1n) is 6.13. The van der Waals surface area contributed by atoms with Gasteiger partial charge in [0, 0.05) is 26.2 Å². The summed E-state index contributed by atoms with van der Waals surface area (Å²) in [6, 6.07) is -0.200. The average Bonchev–Trinajstić information content (AvgIpc) is 2.28. The van der Waals surface area contributed by atoms with Crippen LogP contribution >= 0.6 is 12.4 Å². The molecule has 0 saturated carbocycles. The first kappa shape index (κ1) is 19.5. The van der Waals surface area contributed by atoms with Crippen LogP contribution in [0.2, 0.25) is 0 Å². The Morgan fingerprint density at radius 2 is 1.61 bits per heavy atom. The molecule has 2 N–H and O–H groups in total. The Kier molecular flexibility index (Phi) is 9.94. The van der Waals surface area contributed by atoms with E-state index in [9.17, 15) is 9.59 Å². The van der Waals surface area contributed by atoms with Gasteiger partial charge < -0.3 is 15.5 Å². The summed E-state index contributed by atoms with van der Waals surface area (Å²) >= 11 is 0. The van der Waals surface area contributed by atoms with Crippen LogP contribution in [0.3, 0.4) is 0 Å². The topological polar surface area (TPSA) is 66.6 Å². The van der Waals surface area contributed by atoms with Crippen molar-refractivity contribution in [3.63, 3.8) is 0 Å². The number of nitrogens with zero attached hydrogens (tertiary/aromatic N) is 2. The van der Waals surface area contributed by atoms with E-state index < -0.39 is 0 Å². The molecule has 0 fully saturated rings. The maximum atomic E-state index is 11.9. The molecule has 0 saturated heterocycles. The van der Waals surface area contributed by atoms with Gasteiger partial charge in [0.15, 0.2) is 0 Å². The fourth-order valence-corrected chi connectivity index (χ4v) is 1.53. The minimum atomic E-state index is -0.260. The van der Waals surface area contributed by atoms with Gasteiger partial charge in [0.2, 0.25) is 11.8 Å². The van der Waals surface area contributed by atoms with E-state index in [-0.39, 0.29) is 42.7 Å². The minimum Gasteiger partial charge on any atom is -0.342 e. The van der Waals surface area contributed by atoms with Crippen molar-refractivity contribution in [1.82, 2.24) is 9.80 Å². The van der Waals surface area contributed by atoms with Crippen molar-refractivity contribution in [1.29, 1.82) is 0 Å². The first-order chi connectivity index (χ1) is 7.84. The summed E-state index contributed by atoms with van der Waals surface area (Å²) in [5.41, 5.74) is 5.67. The van der Waals surface area contributed by atoms with E-state index in [0.717, 1.165) is 0 Å². The summed E-state index contributed by atoms with van der Waals surface area (Å²) in [4.78, 5) is 26.9. The van der Waals surface area contributed by atoms with Crippen LogP contribution < -0.4 is 5.73 Å². The molecule has 0 heterocycles. The van der Waals surface area contributed by atoms with Crippen molar-refractivity contribution in [2.24, 2.45) is 11.7 Å². The lowest BCUT2D eigenvalue weighted by atomic mass is 10.0. The minimum absolute atomic E-state index is 0. The third kappa shape index (κ3) is 5.69. The van der Waals surface area contributed by atoms with Crippen molar-refractivity contribution in [2.45, 2.75) is 33.7 Å². The molecule has 0 aliphatic rings. The molecular formula is C12H26ClN3O2. The maximum Gasteiger partial charge on any atom is 0.242 e. The molecule has 2 amide bonds. The van der Waals surface area contributed by atoms with E-state index in [0.29, 0.717) is 13.1 Å². The van der Waals surface area contributed by atoms with Gasteiger partial charge in [-0.1, -0.05) is 6.92 Å². The Labute approximate surface area is 116 Å². The molecule has 0 aliphatic carbocycles. The summed E-state index contributed by atoms with van der Waals surface area (Å²) in [5, 5.41) is 0. The van der Waals surface area contributed by atoms with Crippen LogP contribution in [-0.2, 0) is 9.59 Å². The number of carbonyl (C=O) groups excluding carboxylic acids is 2. The Balaban J connectivity index is 0. The van der Waals surface area contributed by atoms with Gasteiger partial charge in [-0.3, -0.25) is 9.59 Å². The van der Waals surface area contributed by atoms with Gasteiger partial charge in [0.25, 0.3) is 0 Å². The van der Waals surface area contributed by atoms with E-state index in [1.165, 1.54) is 4.90 Å². The molecule has 0 spiro atoms. The molecule has 0 aromatic carbocycles. The molecule has 18 heavy (non-hydrogen) atoms. The molecule has 5 nitrogen and oxygen atoms in total. The van der Waals surface area contributed by atoms with E-state index in [1.54, 1.807) is 25.8 Å². The summed E-state index contributed by atoms with van der Waals surface area (Å²) in [7, 11) is 1.64. The van der Waals surface area contributed by atoms with E-state index in [4.69, 9.17) is 5.73 Å². The van der Waals surface area contributed by atoms with Gasteiger partial charge in [0.05, 0.1) is 12.5 Å². The summed E-state index contributed by atoms with van der Waals surface area (Å²) in [5.74, 6) is -0.368. The SMILES string of the molecule is CCN(CC)C(=O)CN(C)C(=O)C(C)C(C)N.Cl. The number of amides is 2. The van der Waals surface area contributed by atoms with Gasteiger partial charge in [0.1, 0.15) is 0 Å². The van der Waals surface area contributed by atoms with Crippen LogP contribution in [-0.4, -0.2) is 54.3 Å². The predicted octanol–water partition coefficient (Wildman–Crippen LogP) is 0.718. The highest BCUT2D eigenvalue weighted by atomic mass is 35.5. The Morgan fingerprint density at radius 1 is 1.17 bits per heavy atom. The molecular weight excluding hydrogens is 254 g/mol. The van der Waals surface area contributed by atoms with E-state index in [2.05, 4.69) is 0 Å². The second-order valence-electron chi connectivity index (χ2n) is 4.41. The number of rotatable bonds is 6. The second-order valence-corrected chi connectivity index (χ2v) is 4.41. The highest BCUT2D eigenvalue weighted by molar-refractivity contribution is 5.86. The van der Waals surface area contributed by atoms with Crippen LogP contribution in [0, 0.1) is 5.92 Å². The quantitative estimate of drug-likeness (QED) is 0.779. The first-order valence-corrected chi connectivity index (χ1v) is 6.13. The Morgan fingerprint density at radius 3 is 1.94 bits per heavy atom. The molecule has 0 radical (unpaired) electrons. The van der Waals surface area contributed by atoms with Crippen molar-refractivity contribution in [3.8, 4) is 0 Å². The number of halogens is 1. The van der Waals surface area contributed by atoms with Crippen molar-refractivity contribution < 1.29 is 9.59 Å². The molecule has 6 heteroatoms. The molecule has 108 valence electrons. The largest absolute Gasteiger partial charge is 0.342 e. The molecule has 0 aromatic heterocycles. The average molecular weight is 280 g/mol. The van der Waals surface area contributed by atoms with Crippen LogP contribution in [0.1, 0.15) is 27.7 Å². The number of carbonyl (C=O) groups is 2. The third-order valence-electron chi connectivity index (χ3n) is 3.04. The highest BCUT2D eigenvalue weighted by Crippen LogP contribution is 2.05. The second kappa shape index (κ2) is 9.16. The number of hydrogen-bond acceptors (Lipinski definition) is 3. The summed E-state index contributed by atoms with van der Waals surface area (Å²) in [6.45, 7) is 8.88. The molecule has 2 unspecified atom stereocenters. The lowest BCUT2D eigenvalue weighted by Crippen LogP contribution is -2.45. The lowest BCUT2D eigenvalue weighted by molar-refractivity contribution is -0.141. The molecule has 0 aliphatic heterocycles. The molecule has 0 aromatic rings. The van der Waals surface area contributed by atoms with E-state index in [1.807, 2.05) is 13.8 Å². The number of likely N-dealkylation sites (N-methyl/N-ethyl adjacent to an activating group) is 2. The predicted molar refractivity (Wildman–Crippen MR) is 75.6 cm³/mol. The summed E-state index contributed by atoms with van der Waals surface area (Å²) < 4.78 is 0. The van der Waals surface area contributed by atoms with Crippen LogP contribution in [0.5, 0.6) is 0 Å². The third-order valence-corrected chi connectivity index (χ3v) is 3.04. The van der Waals surface area contributed by atoms with Crippen molar-refractivity contribution in [2.75, 3.05) is 26.7 Å². The van der Waals surface area contributed by atoms with Gasteiger partial charge in [-0.05, 0) is 20.8 Å². The number of hydrogen-bond donors (Lipinski definition) is 1. The smallest absolute Gasteiger partial charge is 0.242 e. The van der Waals surface area contributed by atoms with Gasteiger partial charge >= 0.3 is 0 Å². The highest BCUT2D eigenvalue weighted by Gasteiger charge is 2.23. The normalized spacial score (nSPS) is 13.2. The maximum absolute atomic E-state index is 11.9. The molecule has 2 atom stereocenters.